The third-order valence-corrected chi connectivity index (χ3v) is 4.72. The van der Waals surface area contributed by atoms with Gasteiger partial charge >= 0.3 is 0 Å². The largest absolute Gasteiger partial charge is 0.343 e. The molecule has 1 amide bonds. The summed E-state index contributed by atoms with van der Waals surface area (Å²) >= 11 is 0. The predicted octanol–water partition coefficient (Wildman–Crippen LogP) is 4.90. The molecule has 0 saturated carbocycles. The van der Waals surface area contributed by atoms with Crippen LogP contribution in [0.5, 0.6) is 0 Å². The summed E-state index contributed by atoms with van der Waals surface area (Å²) in [5, 5.41) is 1.13. The molecule has 3 aromatic rings. The van der Waals surface area contributed by atoms with Crippen LogP contribution >= 0.6 is 0 Å². The third-order valence-electron chi connectivity index (χ3n) is 4.72. The van der Waals surface area contributed by atoms with Crippen molar-refractivity contribution in [3.63, 3.8) is 0 Å². The fourth-order valence-corrected chi connectivity index (χ4v) is 3.59. The molecule has 0 radical (unpaired) electrons. The van der Waals surface area contributed by atoms with Crippen molar-refractivity contribution in [1.82, 2.24) is 4.57 Å². The van der Waals surface area contributed by atoms with Gasteiger partial charge in [0.25, 0.3) is 5.91 Å². The number of amides is 1. The van der Waals surface area contributed by atoms with E-state index >= 15 is 0 Å². The molecule has 4 rings (SSSR count). The number of carbonyl (C=O) groups is 1. The van der Waals surface area contributed by atoms with Crippen molar-refractivity contribution in [2.75, 3.05) is 11.4 Å². The van der Waals surface area contributed by atoms with Gasteiger partial charge in [-0.05, 0) is 18.2 Å². The zero-order valence-corrected chi connectivity index (χ0v) is 14.6. The Labute approximate surface area is 153 Å². The molecule has 1 aliphatic rings. The lowest BCUT2D eigenvalue weighted by Gasteiger charge is -2.13. The number of nitrogens with zero attached hydrogens (tertiary/aromatic N) is 2. The first-order valence-corrected chi connectivity index (χ1v) is 8.67. The standard InChI is InChI=1S/C23H20N2O/c1-3-13-24-16-17(18-9-5-7-11-21(18)24)15-20-19-10-6-8-12-22(19)25(14-4-2)23(20)26/h3-12,15-16H,1-2,13-14H2/b20-15-. The van der Waals surface area contributed by atoms with E-state index in [-0.39, 0.29) is 5.91 Å². The Kier molecular flexibility index (Phi) is 4.05. The topological polar surface area (TPSA) is 25.2 Å². The first kappa shape index (κ1) is 16.2. The highest BCUT2D eigenvalue weighted by molar-refractivity contribution is 6.36. The molecule has 26 heavy (non-hydrogen) atoms. The highest BCUT2D eigenvalue weighted by atomic mass is 16.2. The average Bonchev–Trinajstić information content (AvgIpc) is 3.14. The molecule has 2 heterocycles. The number of aromatic nitrogens is 1. The Morgan fingerprint density at radius 2 is 1.65 bits per heavy atom. The molecule has 0 aliphatic carbocycles. The van der Waals surface area contributed by atoms with Gasteiger partial charge in [0.1, 0.15) is 0 Å². The average molecular weight is 340 g/mol. The molecule has 3 nitrogen and oxygen atoms in total. The number of hydrogen-bond acceptors (Lipinski definition) is 1. The van der Waals surface area contributed by atoms with Gasteiger partial charge in [-0.15, -0.1) is 13.2 Å². The number of anilines is 1. The van der Waals surface area contributed by atoms with E-state index in [1.54, 1.807) is 11.0 Å². The monoisotopic (exact) mass is 340 g/mol. The Hall–Kier alpha value is -3.33. The highest BCUT2D eigenvalue weighted by Gasteiger charge is 2.31. The molecule has 0 saturated heterocycles. The summed E-state index contributed by atoms with van der Waals surface area (Å²) in [6.07, 6.45) is 7.73. The number of hydrogen-bond donors (Lipinski definition) is 0. The SMILES string of the molecule is C=CCN1C(=O)/C(=C\c2cn(CC=C)c3ccccc23)c2ccccc21. The number of fused-ring (bicyclic) bond motifs is 2. The van der Waals surface area contributed by atoms with Gasteiger partial charge in [-0.2, -0.15) is 0 Å². The summed E-state index contributed by atoms with van der Waals surface area (Å²) in [5.74, 6) is 0.0200. The molecule has 0 N–H and O–H groups in total. The van der Waals surface area contributed by atoms with Gasteiger partial charge < -0.3 is 9.47 Å². The molecule has 2 aromatic carbocycles. The summed E-state index contributed by atoms with van der Waals surface area (Å²) in [4.78, 5) is 14.8. The maximum absolute atomic E-state index is 13.0. The highest BCUT2D eigenvalue weighted by Crippen LogP contribution is 2.38. The molecule has 1 aliphatic heterocycles. The van der Waals surface area contributed by atoms with Crippen LogP contribution < -0.4 is 4.90 Å². The van der Waals surface area contributed by atoms with E-state index in [2.05, 4.69) is 36.1 Å². The van der Waals surface area contributed by atoms with Crippen molar-refractivity contribution in [2.45, 2.75) is 6.54 Å². The number of carbonyl (C=O) groups excluding carboxylic acids is 1. The number of para-hydroxylation sites is 2. The van der Waals surface area contributed by atoms with Gasteiger partial charge in [-0.1, -0.05) is 48.6 Å². The molecule has 0 fully saturated rings. The van der Waals surface area contributed by atoms with Crippen LogP contribution in [0.4, 0.5) is 5.69 Å². The lowest BCUT2D eigenvalue weighted by Crippen LogP contribution is -2.26. The zero-order valence-electron chi connectivity index (χ0n) is 14.6. The van der Waals surface area contributed by atoms with Gasteiger partial charge in [-0.3, -0.25) is 4.79 Å². The van der Waals surface area contributed by atoms with Gasteiger partial charge in [-0.25, -0.2) is 0 Å². The van der Waals surface area contributed by atoms with Crippen LogP contribution in [0.25, 0.3) is 22.6 Å². The van der Waals surface area contributed by atoms with Gasteiger partial charge in [0.2, 0.25) is 0 Å². The Morgan fingerprint density at radius 1 is 0.923 bits per heavy atom. The maximum atomic E-state index is 13.0. The van der Waals surface area contributed by atoms with Crippen LogP contribution in [0.15, 0.2) is 80.0 Å². The summed E-state index contributed by atoms with van der Waals surface area (Å²) in [6.45, 7) is 8.86. The molecule has 3 heteroatoms. The zero-order chi connectivity index (χ0) is 18.1. The number of allylic oxidation sites excluding steroid dienone is 1. The Morgan fingerprint density at radius 3 is 2.46 bits per heavy atom. The van der Waals surface area contributed by atoms with Crippen LogP contribution in [0, 0.1) is 0 Å². The van der Waals surface area contributed by atoms with Crippen molar-refractivity contribution in [1.29, 1.82) is 0 Å². The molecular formula is C23H20N2O. The smallest absolute Gasteiger partial charge is 0.259 e. The van der Waals surface area contributed by atoms with Crippen LogP contribution in [0.2, 0.25) is 0 Å². The first-order chi connectivity index (χ1) is 12.7. The number of benzene rings is 2. The van der Waals surface area contributed by atoms with Crippen molar-refractivity contribution in [3.05, 3.63) is 91.2 Å². The Balaban J connectivity index is 1.89. The van der Waals surface area contributed by atoms with Crippen LogP contribution in [-0.2, 0) is 11.3 Å². The quantitative estimate of drug-likeness (QED) is 0.479. The normalized spacial score (nSPS) is 14.8. The lowest BCUT2D eigenvalue weighted by molar-refractivity contribution is -0.112. The van der Waals surface area contributed by atoms with Gasteiger partial charge in [0, 0.05) is 46.9 Å². The van der Waals surface area contributed by atoms with E-state index < -0.39 is 0 Å². The summed E-state index contributed by atoms with van der Waals surface area (Å²) in [6, 6.07) is 16.2. The second-order valence-electron chi connectivity index (χ2n) is 6.32. The third kappa shape index (κ3) is 2.49. The molecule has 0 bridgehead atoms. The maximum Gasteiger partial charge on any atom is 0.259 e. The lowest BCUT2D eigenvalue weighted by atomic mass is 10.0. The van der Waals surface area contributed by atoms with Gasteiger partial charge in [0.05, 0.1) is 5.69 Å². The summed E-state index contributed by atoms with van der Waals surface area (Å²) in [5.41, 5.74) is 4.82. The minimum Gasteiger partial charge on any atom is -0.343 e. The summed E-state index contributed by atoms with van der Waals surface area (Å²) < 4.78 is 2.15. The van der Waals surface area contributed by atoms with Crippen molar-refractivity contribution in [3.8, 4) is 0 Å². The first-order valence-electron chi connectivity index (χ1n) is 8.67. The van der Waals surface area contributed by atoms with Crippen LogP contribution in [-0.4, -0.2) is 17.0 Å². The van der Waals surface area contributed by atoms with E-state index in [9.17, 15) is 4.79 Å². The van der Waals surface area contributed by atoms with Crippen LogP contribution in [0.1, 0.15) is 11.1 Å². The van der Waals surface area contributed by atoms with Crippen molar-refractivity contribution < 1.29 is 4.79 Å². The molecule has 0 atom stereocenters. The van der Waals surface area contributed by atoms with E-state index in [4.69, 9.17) is 0 Å². The van der Waals surface area contributed by atoms with E-state index in [1.807, 2.05) is 48.6 Å². The fraction of sp³-hybridized carbons (Fsp3) is 0.0870. The molecule has 1 aromatic heterocycles. The van der Waals surface area contributed by atoms with Crippen molar-refractivity contribution >= 4 is 34.1 Å². The Bertz CT molecular complexity index is 1060. The fourth-order valence-electron chi connectivity index (χ4n) is 3.59. The minimum atomic E-state index is 0.0200. The second-order valence-corrected chi connectivity index (χ2v) is 6.32. The predicted molar refractivity (Wildman–Crippen MR) is 109 cm³/mol. The number of rotatable bonds is 5. The summed E-state index contributed by atoms with van der Waals surface area (Å²) in [7, 11) is 0. The van der Waals surface area contributed by atoms with E-state index in [0.29, 0.717) is 6.54 Å². The molecule has 0 unspecified atom stereocenters. The van der Waals surface area contributed by atoms with E-state index in [0.717, 1.165) is 39.8 Å². The van der Waals surface area contributed by atoms with Crippen LogP contribution in [0.3, 0.4) is 0 Å². The minimum absolute atomic E-state index is 0.0200. The molecule has 0 spiro atoms. The van der Waals surface area contributed by atoms with E-state index in [1.165, 1.54) is 0 Å². The van der Waals surface area contributed by atoms with Crippen molar-refractivity contribution in [2.24, 2.45) is 0 Å². The molecule has 128 valence electrons. The van der Waals surface area contributed by atoms with Gasteiger partial charge in [0.15, 0.2) is 0 Å². The molecular weight excluding hydrogens is 320 g/mol. The second kappa shape index (κ2) is 6.52.